The second-order valence-electron chi connectivity index (χ2n) is 2.55. The molecule has 0 bridgehead atoms. The van der Waals surface area contributed by atoms with E-state index in [4.69, 9.17) is 11.6 Å². The van der Waals surface area contributed by atoms with Gasteiger partial charge < -0.3 is 0 Å². The molecule has 4 nitrogen and oxygen atoms in total. The number of hydrogen-bond donors (Lipinski definition) is 1. The predicted octanol–water partition coefficient (Wildman–Crippen LogP) is 1.40. The van der Waals surface area contributed by atoms with Crippen molar-refractivity contribution in [1.29, 1.82) is 0 Å². The number of rotatable bonds is 1. The first-order chi connectivity index (χ1) is 6.62. The molecule has 0 aliphatic heterocycles. The maximum Gasteiger partial charge on any atom is 0.417 e. The standard InChI is InChI=1S/C6H4ClF3N2O2S/c7-5-1-3(6(8,9)10)4(2-12-5)15(11,13)14/h1-2H,(H2,11,13,14). The average Bonchev–Trinajstić information content (AvgIpc) is 2.00. The lowest BCUT2D eigenvalue weighted by molar-refractivity contribution is -0.139. The van der Waals surface area contributed by atoms with E-state index in [1.165, 1.54) is 0 Å². The van der Waals surface area contributed by atoms with Crippen LogP contribution in [0.25, 0.3) is 0 Å². The molecule has 0 spiro atoms. The lowest BCUT2D eigenvalue weighted by Gasteiger charge is -2.10. The van der Waals surface area contributed by atoms with Crippen LogP contribution in [0, 0.1) is 0 Å². The van der Waals surface area contributed by atoms with Gasteiger partial charge >= 0.3 is 6.18 Å². The van der Waals surface area contributed by atoms with Gasteiger partial charge in [-0.1, -0.05) is 11.6 Å². The Morgan fingerprint density at radius 1 is 1.40 bits per heavy atom. The van der Waals surface area contributed by atoms with Crippen LogP contribution in [0.1, 0.15) is 5.56 Å². The number of alkyl halides is 3. The van der Waals surface area contributed by atoms with Crippen molar-refractivity contribution >= 4 is 21.6 Å². The Balaban J connectivity index is 3.55. The van der Waals surface area contributed by atoms with E-state index in [-0.39, 0.29) is 0 Å². The van der Waals surface area contributed by atoms with Crippen molar-refractivity contribution in [3.05, 3.63) is 23.0 Å². The molecule has 1 rings (SSSR count). The summed E-state index contributed by atoms with van der Waals surface area (Å²) in [6, 6.07) is 0.404. The Morgan fingerprint density at radius 2 is 1.93 bits per heavy atom. The van der Waals surface area contributed by atoms with Gasteiger partial charge in [0.25, 0.3) is 0 Å². The third-order valence-corrected chi connectivity index (χ3v) is 2.59. The Morgan fingerprint density at radius 3 is 2.33 bits per heavy atom. The lowest BCUT2D eigenvalue weighted by atomic mass is 10.2. The molecule has 0 aliphatic rings. The zero-order valence-corrected chi connectivity index (χ0v) is 8.49. The summed E-state index contributed by atoms with van der Waals surface area (Å²) >= 11 is 5.23. The van der Waals surface area contributed by atoms with Gasteiger partial charge in [-0.3, -0.25) is 0 Å². The van der Waals surface area contributed by atoms with Crippen LogP contribution in [0.5, 0.6) is 0 Å². The fraction of sp³-hybridized carbons (Fsp3) is 0.167. The fourth-order valence-corrected chi connectivity index (χ4v) is 1.70. The van der Waals surface area contributed by atoms with E-state index in [9.17, 15) is 21.6 Å². The van der Waals surface area contributed by atoms with Crippen LogP contribution in [0.15, 0.2) is 17.2 Å². The molecule has 15 heavy (non-hydrogen) atoms. The number of halogens is 4. The molecule has 0 aliphatic carbocycles. The summed E-state index contributed by atoms with van der Waals surface area (Å²) in [6.45, 7) is 0. The maximum absolute atomic E-state index is 12.4. The first kappa shape index (κ1) is 12.2. The normalized spacial score (nSPS) is 12.9. The van der Waals surface area contributed by atoms with Gasteiger partial charge in [0, 0.05) is 6.20 Å². The van der Waals surface area contributed by atoms with Crippen LogP contribution < -0.4 is 5.14 Å². The van der Waals surface area contributed by atoms with Crippen LogP contribution in [0.2, 0.25) is 5.15 Å². The van der Waals surface area contributed by atoms with Crippen molar-refractivity contribution < 1.29 is 21.6 Å². The van der Waals surface area contributed by atoms with Gasteiger partial charge in [0.15, 0.2) is 0 Å². The first-order valence-electron chi connectivity index (χ1n) is 3.38. The highest BCUT2D eigenvalue weighted by Crippen LogP contribution is 2.34. The molecule has 0 amide bonds. The van der Waals surface area contributed by atoms with E-state index in [0.29, 0.717) is 12.3 Å². The van der Waals surface area contributed by atoms with Crippen LogP contribution >= 0.6 is 11.6 Å². The predicted molar refractivity (Wildman–Crippen MR) is 45.6 cm³/mol. The smallest absolute Gasteiger partial charge is 0.243 e. The molecule has 0 saturated carbocycles. The lowest BCUT2D eigenvalue weighted by Crippen LogP contribution is -2.19. The summed E-state index contributed by atoms with van der Waals surface area (Å²) in [7, 11) is -4.47. The van der Waals surface area contributed by atoms with Gasteiger partial charge in [0.1, 0.15) is 10.0 Å². The minimum Gasteiger partial charge on any atom is -0.243 e. The Labute approximate surface area is 87.9 Å². The number of nitrogens with two attached hydrogens (primary N) is 1. The molecular weight excluding hydrogens is 257 g/mol. The minimum absolute atomic E-state index is 0.404. The molecule has 0 radical (unpaired) electrons. The van der Waals surface area contributed by atoms with Crippen molar-refractivity contribution in [3.8, 4) is 0 Å². The van der Waals surface area contributed by atoms with Gasteiger partial charge in [0.05, 0.1) is 5.56 Å². The highest BCUT2D eigenvalue weighted by molar-refractivity contribution is 7.89. The van der Waals surface area contributed by atoms with Crippen molar-refractivity contribution in [2.24, 2.45) is 5.14 Å². The van der Waals surface area contributed by atoms with Crippen LogP contribution in [0.3, 0.4) is 0 Å². The summed E-state index contributed by atoms with van der Waals surface area (Å²) in [5.41, 5.74) is -1.43. The van der Waals surface area contributed by atoms with Gasteiger partial charge in [-0.05, 0) is 6.07 Å². The quantitative estimate of drug-likeness (QED) is 0.776. The molecule has 2 N–H and O–H groups in total. The highest BCUT2D eigenvalue weighted by atomic mass is 35.5. The zero-order chi connectivity index (χ0) is 11.9. The number of hydrogen-bond acceptors (Lipinski definition) is 3. The number of pyridine rings is 1. The summed E-state index contributed by atoms with van der Waals surface area (Å²) < 4.78 is 58.7. The summed E-state index contributed by atoms with van der Waals surface area (Å²) in [5, 5.41) is 4.13. The first-order valence-corrected chi connectivity index (χ1v) is 5.30. The number of aromatic nitrogens is 1. The third-order valence-electron chi connectivity index (χ3n) is 1.45. The molecule has 0 saturated heterocycles. The van der Waals surface area contributed by atoms with Gasteiger partial charge in [-0.15, -0.1) is 0 Å². The number of primary sulfonamides is 1. The molecule has 0 atom stereocenters. The van der Waals surface area contributed by atoms with Crippen LogP contribution in [0.4, 0.5) is 13.2 Å². The molecule has 1 heterocycles. The van der Waals surface area contributed by atoms with Crippen LogP contribution in [-0.2, 0) is 16.2 Å². The van der Waals surface area contributed by atoms with Gasteiger partial charge in [-0.25, -0.2) is 18.5 Å². The molecule has 1 aromatic heterocycles. The van der Waals surface area contributed by atoms with E-state index < -0.39 is 31.8 Å². The molecule has 1 aromatic rings. The van der Waals surface area contributed by atoms with E-state index in [2.05, 4.69) is 10.1 Å². The molecule has 9 heteroatoms. The van der Waals surface area contributed by atoms with Crippen LogP contribution in [-0.4, -0.2) is 13.4 Å². The summed E-state index contributed by atoms with van der Waals surface area (Å²) in [6.07, 6.45) is -4.38. The zero-order valence-electron chi connectivity index (χ0n) is 6.92. The SMILES string of the molecule is NS(=O)(=O)c1cnc(Cl)cc1C(F)(F)F. The third kappa shape index (κ3) is 2.80. The fourth-order valence-electron chi connectivity index (χ4n) is 0.866. The summed E-state index contributed by atoms with van der Waals surface area (Å²) in [5.74, 6) is 0. The van der Waals surface area contributed by atoms with E-state index >= 15 is 0 Å². The van der Waals surface area contributed by atoms with E-state index in [1.54, 1.807) is 0 Å². The van der Waals surface area contributed by atoms with Crippen molar-refractivity contribution in [1.82, 2.24) is 4.98 Å². The number of sulfonamides is 1. The van der Waals surface area contributed by atoms with Crippen molar-refractivity contribution in [2.75, 3.05) is 0 Å². The maximum atomic E-state index is 12.4. The van der Waals surface area contributed by atoms with E-state index in [1.807, 2.05) is 0 Å². The topological polar surface area (TPSA) is 73.1 Å². The summed E-state index contributed by atoms with van der Waals surface area (Å²) in [4.78, 5) is 2.13. The molecule has 0 aromatic carbocycles. The molecule has 84 valence electrons. The average molecular weight is 261 g/mol. The minimum atomic E-state index is -4.85. The molecule has 0 unspecified atom stereocenters. The molecule has 0 fully saturated rings. The van der Waals surface area contributed by atoms with E-state index in [0.717, 1.165) is 0 Å². The van der Waals surface area contributed by atoms with Crippen molar-refractivity contribution in [2.45, 2.75) is 11.1 Å². The Bertz CT molecular complexity index is 486. The monoisotopic (exact) mass is 260 g/mol. The second-order valence-corrected chi connectivity index (χ2v) is 4.46. The molecular formula is C6H4ClF3N2O2S. The Kier molecular flexibility index (Phi) is 2.94. The Hall–Kier alpha value is -0.860. The van der Waals surface area contributed by atoms with Gasteiger partial charge in [-0.2, -0.15) is 13.2 Å². The second kappa shape index (κ2) is 3.62. The highest BCUT2D eigenvalue weighted by Gasteiger charge is 2.36. The van der Waals surface area contributed by atoms with Gasteiger partial charge in [0.2, 0.25) is 10.0 Å². The van der Waals surface area contributed by atoms with Crippen molar-refractivity contribution in [3.63, 3.8) is 0 Å². The number of nitrogens with zero attached hydrogens (tertiary/aromatic N) is 1. The largest absolute Gasteiger partial charge is 0.417 e.